The molecule has 6 nitrogen and oxygen atoms in total. The molecule has 2 aromatic carbocycles. The van der Waals surface area contributed by atoms with Crippen molar-refractivity contribution in [3.8, 4) is 5.75 Å². The fourth-order valence-corrected chi connectivity index (χ4v) is 3.13. The number of hydrazone groups is 1. The number of hydrogen-bond donors (Lipinski definition) is 1. The largest absolute Gasteiger partial charge is 0.496 e. The summed E-state index contributed by atoms with van der Waals surface area (Å²) in [6, 6.07) is 18.0. The smallest absolute Gasteiger partial charge is 0.241 e. The van der Waals surface area contributed by atoms with E-state index < -0.39 is 0 Å². The monoisotopic (exact) mass is 366 g/mol. The maximum absolute atomic E-state index is 12.0. The number of para-hydroxylation sites is 2. The minimum atomic E-state index is -0.0772. The zero-order valence-corrected chi connectivity index (χ0v) is 15.7. The maximum Gasteiger partial charge on any atom is 0.241 e. The van der Waals surface area contributed by atoms with Gasteiger partial charge in [-0.3, -0.25) is 9.69 Å². The van der Waals surface area contributed by atoms with Gasteiger partial charge in [-0.2, -0.15) is 5.10 Å². The Hall–Kier alpha value is -2.86. The van der Waals surface area contributed by atoms with Gasteiger partial charge in [-0.25, -0.2) is 5.43 Å². The summed E-state index contributed by atoms with van der Waals surface area (Å²) in [6.45, 7) is 4.65. The van der Waals surface area contributed by atoms with Crippen LogP contribution in [-0.2, 0) is 4.79 Å². The van der Waals surface area contributed by atoms with E-state index in [1.165, 1.54) is 5.69 Å². The van der Waals surface area contributed by atoms with Crippen LogP contribution in [0.4, 0.5) is 5.69 Å². The Balaban J connectivity index is 1.38. The molecule has 0 atom stereocenters. The number of hydrogen-bond acceptors (Lipinski definition) is 5. The fourth-order valence-electron chi connectivity index (χ4n) is 3.13. The molecule has 2 aromatic rings. The highest BCUT2D eigenvalue weighted by molar-refractivity contribution is 5.85. The van der Waals surface area contributed by atoms with Crippen molar-refractivity contribution in [3.05, 3.63) is 60.2 Å². The molecule has 0 aromatic heterocycles. The van der Waals surface area contributed by atoms with Gasteiger partial charge < -0.3 is 9.64 Å². The van der Waals surface area contributed by atoms with Crippen LogP contribution in [-0.4, -0.2) is 56.9 Å². The third-order valence-corrected chi connectivity index (χ3v) is 4.68. The second-order valence-corrected chi connectivity index (χ2v) is 6.45. The van der Waals surface area contributed by atoms with E-state index in [1.807, 2.05) is 30.3 Å². The average Bonchev–Trinajstić information content (AvgIpc) is 2.73. The van der Waals surface area contributed by atoms with Crippen LogP contribution in [0.1, 0.15) is 12.0 Å². The Bertz CT molecular complexity index is 756. The molecule has 6 heteroatoms. The standard InChI is InChI=1S/C21H26N4O2/c1-27-20-10-6-5-7-18(20)17-22-23-21(26)11-12-24-13-15-25(16-14-24)19-8-3-2-4-9-19/h2-10,17H,11-16H2,1H3,(H,23,26)/b22-17+. The zero-order valence-electron chi connectivity index (χ0n) is 15.7. The molecule has 0 spiro atoms. The highest BCUT2D eigenvalue weighted by Crippen LogP contribution is 2.16. The molecule has 1 fully saturated rings. The molecule has 142 valence electrons. The number of carbonyl (C=O) groups excluding carboxylic acids is 1. The fraction of sp³-hybridized carbons (Fsp3) is 0.333. The number of methoxy groups -OCH3 is 1. The highest BCUT2D eigenvalue weighted by atomic mass is 16.5. The Morgan fingerprint density at radius 1 is 1.07 bits per heavy atom. The number of ether oxygens (including phenoxy) is 1. The van der Waals surface area contributed by atoms with Crippen molar-refractivity contribution in [2.24, 2.45) is 5.10 Å². The van der Waals surface area contributed by atoms with Crippen LogP contribution >= 0.6 is 0 Å². The number of carbonyl (C=O) groups is 1. The first-order valence-corrected chi connectivity index (χ1v) is 9.23. The Morgan fingerprint density at radius 3 is 2.52 bits per heavy atom. The number of rotatable bonds is 7. The summed E-state index contributed by atoms with van der Waals surface area (Å²) in [6.07, 6.45) is 2.05. The highest BCUT2D eigenvalue weighted by Gasteiger charge is 2.17. The van der Waals surface area contributed by atoms with Crippen LogP contribution in [0.3, 0.4) is 0 Å². The van der Waals surface area contributed by atoms with Gasteiger partial charge in [-0.15, -0.1) is 0 Å². The van der Waals surface area contributed by atoms with E-state index in [1.54, 1.807) is 13.3 Å². The second kappa shape index (κ2) is 9.73. The number of nitrogens with one attached hydrogen (secondary N) is 1. The van der Waals surface area contributed by atoms with E-state index >= 15 is 0 Å². The first-order chi connectivity index (χ1) is 13.3. The predicted octanol–water partition coefficient (Wildman–Crippen LogP) is 2.36. The Morgan fingerprint density at radius 2 is 1.78 bits per heavy atom. The molecule has 1 saturated heterocycles. The molecular weight excluding hydrogens is 340 g/mol. The van der Waals surface area contributed by atoms with Gasteiger partial charge in [0, 0.05) is 50.4 Å². The first kappa shape index (κ1) is 18.9. The number of amides is 1. The van der Waals surface area contributed by atoms with Gasteiger partial charge in [0.15, 0.2) is 0 Å². The lowest BCUT2D eigenvalue weighted by Crippen LogP contribution is -2.47. The van der Waals surface area contributed by atoms with Crippen molar-refractivity contribution in [1.29, 1.82) is 0 Å². The van der Waals surface area contributed by atoms with Crippen molar-refractivity contribution in [3.63, 3.8) is 0 Å². The molecule has 3 rings (SSSR count). The van der Waals surface area contributed by atoms with Crippen LogP contribution in [0.5, 0.6) is 5.75 Å². The van der Waals surface area contributed by atoms with Crippen LogP contribution in [0.25, 0.3) is 0 Å². The first-order valence-electron chi connectivity index (χ1n) is 9.23. The zero-order chi connectivity index (χ0) is 18.9. The second-order valence-electron chi connectivity index (χ2n) is 6.45. The lowest BCUT2D eigenvalue weighted by molar-refractivity contribution is -0.121. The number of anilines is 1. The number of benzene rings is 2. The molecule has 0 saturated carbocycles. The van der Waals surface area contributed by atoms with Gasteiger partial charge in [0.1, 0.15) is 5.75 Å². The summed E-state index contributed by atoms with van der Waals surface area (Å²) in [7, 11) is 1.61. The van der Waals surface area contributed by atoms with E-state index in [0.29, 0.717) is 6.42 Å². The molecule has 0 aliphatic carbocycles. The lowest BCUT2D eigenvalue weighted by atomic mass is 10.2. The Kier molecular flexibility index (Phi) is 6.82. The molecule has 1 heterocycles. The van der Waals surface area contributed by atoms with E-state index in [9.17, 15) is 4.79 Å². The normalized spacial score (nSPS) is 15.1. The minimum Gasteiger partial charge on any atom is -0.496 e. The van der Waals surface area contributed by atoms with Crippen molar-refractivity contribution in [1.82, 2.24) is 10.3 Å². The van der Waals surface area contributed by atoms with Gasteiger partial charge in [0.2, 0.25) is 5.91 Å². The van der Waals surface area contributed by atoms with Crippen LogP contribution in [0.2, 0.25) is 0 Å². The van der Waals surface area contributed by atoms with Crippen LogP contribution in [0, 0.1) is 0 Å². The van der Waals surface area contributed by atoms with Gasteiger partial charge in [0.05, 0.1) is 13.3 Å². The maximum atomic E-state index is 12.0. The van der Waals surface area contributed by atoms with Gasteiger partial charge in [-0.1, -0.05) is 30.3 Å². The number of piperazine rings is 1. The average molecular weight is 366 g/mol. The minimum absolute atomic E-state index is 0.0772. The molecule has 0 radical (unpaired) electrons. The lowest BCUT2D eigenvalue weighted by Gasteiger charge is -2.36. The van der Waals surface area contributed by atoms with E-state index in [-0.39, 0.29) is 5.91 Å². The Labute approximate surface area is 160 Å². The molecule has 0 unspecified atom stereocenters. The molecule has 27 heavy (non-hydrogen) atoms. The van der Waals surface area contributed by atoms with Crippen molar-refractivity contribution >= 4 is 17.8 Å². The van der Waals surface area contributed by atoms with Gasteiger partial charge >= 0.3 is 0 Å². The van der Waals surface area contributed by atoms with Crippen molar-refractivity contribution < 1.29 is 9.53 Å². The summed E-state index contributed by atoms with van der Waals surface area (Å²) in [5.74, 6) is 0.651. The summed E-state index contributed by atoms with van der Waals surface area (Å²) >= 11 is 0. The van der Waals surface area contributed by atoms with Crippen LogP contribution < -0.4 is 15.1 Å². The topological polar surface area (TPSA) is 57.2 Å². The third kappa shape index (κ3) is 5.56. The predicted molar refractivity (Wildman–Crippen MR) is 108 cm³/mol. The number of nitrogens with zero attached hydrogens (tertiary/aromatic N) is 3. The van der Waals surface area contributed by atoms with E-state index in [0.717, 1.165) is 44.0 Å². The molecule has 1 N–H and O–H groups in total. The van der Waals surface area contributed by atoms with Crippen molar-refractivity contribution in [2.75, 3.05) is 44.7 Å². The molecule has 0 bridgehead atoms. The molecule has 1 aliphatic rings. The van der Waals surface area contributed by atoms with Crippen molar-refractivity contribution in [2.45, 2.75) is 6.42 Å². The quantitative estimate of drug-likeness (QED) is 0.604. The van der Waals surface area contributed by atoms with Crippen LogP contribution in [0.15, 0.2) is 59.7 Å². The summed E-state index contributed by atoms with van der Waals surface area (Å²) in [4.78, 5) is 16.7. The SMILES string of the molecule is COc1ccccc1/C=N/NC(=O)CCN1CCN(c2ccccc2)CC1. The molecule has 1 aliphatic heterocycles. The summed E-state index contributed by atoms with van der Waals surface area (Å²) in [5, 5.41) is 4.03. The van der Waals surface area contributed by atoms with Gasteiger partial charge in [0.25, 0.3) is 0 Å². The van der Waals surface area contributed by atoms with E-state index in [4.69, 9.17) is 4.74 Å². The molecule has 1 amide bonds. The third-order valence-electron chi connectivity index (χ3n) is 4.68. The van der Waals surface area contributed by atoms with Gasteiger partial charge in [-0.05, 0) is 24.3 Å². The molecular formula is C21H26N4O2. The summed E-state index contributed by atoms with van der Waals surface area (Å²) < 4.78 is 5.26. The summed E-state index contributed by atoms with van der Waals surface area (Å²) in [5.41, 5.74) is 4.69. The van der Waals surface area contributed by atoms with E-state index in [2.05, 4.69) is 44.6 Å².